The molecule has 4 aromatic carbocycles. The zero-order valence-electron chi connectivity index (χ0n) is 23.5. The molecule has 1 aliphatic heterocycles. The second-order valence-corrected chi connectivity index (χ2v) is 11.5. The van der Waals surface area contributed by atoms with Gasteiger partial charge in [0.1, 0.15) is 0 Å². The Morgan fingerprint density at radius 2 is 1.66 bits per heavy atom. The van der Waals surface area contributed by atoms with Crippen LogP contribution in [-0.4, -0.2) is 9.55 Å². The Labute approximate surface area is 256 Å². The van der Waals surface area contributed by atoms with Crippen LogP contribution in [0.5, 0.6) is 0 Å². The first-order valence-corrected chi connectivity index (χ1v) is 14.4. The normalized spacial score (nSPS) is 15.5. The van der Waals surface area contributed by atoms with Crippen molar-refractivity contribution < 1.29 is 24.7 Å². The molecule has 0 radical (unpaired) electrons. The first-order valence-electron chi connectivity index (χ1n) is 14.4. The summed E-state index contributed by atoms with van der Waals surface area (Å²) in [6.07, 6.45) is 12.1. The number of fused-ring (bicyclic) bond motifs is 3. The molecule has 3 heterocycles. The first-order chi connectivity index (χ1) is 19.6. The number of hydrogen-bond acceptors (Lipinski definition) is 1. The molecule has 1 fully saturated rings. The zero-order chi connectivity index (χ0) is 27.1. The molecule has 4 heteroatoms. The van der Waals surface area contributed by atoms with Crippen LogP contribution in [0.2, 0.25) is 0 Å². The molecule has 2 aromatic heterocycles. The maximum Gasteiger partial charge on any atom is 3.00 e. The third-order valence-electron chi connectivity index (χ3n) is 8.63. The number of benzene rings is 4. The van der Waals surface area contributed by atoms with Crippen molar-refractivity contribution in [3.63, 3.8) is 0 Å². The molecule has 2 aliphatic rings. The summed E-state index contributed by atoms with van der Waals surface area (Å²) < 4.78 is 4.73. The number of nitrogens with zero attached hydrogens (tertiary/aromatic N) is 3. The summed E-state index contributed by atoms with van der Waals surface area (Å²) in [6, 6.07) is 38.9. The second-order valence-electron chi connectivity index (χ2n) is 11.5. The Morgan fingerprint density at radius 3 is 2.44 bits per heavy atom. The maximum absolute atomic E-state index is 4.22. The first kappa shape index (κ1) is 27.6. The van der Waals surface area contributed by atoms with E-state index in [9.17, 15) is 0 Å². The van der Waals surface area contributed by atoms with Crippen LogP contribution in [0.4, 0.5) is 0 Å². The second kappa shape index (κ2) is 11.4. The van der Waals surface area contributed by atoms with Crippen molar-refractivity contribution in [1.29, 1.82) is 0 Å². The third-order valence-corrected chi connectivity index (χ3v) is 8.63. The Morgan fingerprint density at radius 1 is 0.854 bits per heavy atom. The van der Waals surface area contributed by atoms with Gasteiger partial charge < -0.3 is 14.1 Å². The average Bonchev–Trinajstić information content (AvgIpc) is 3.41. The largest absolute Gasteiger partial charge is 3.00 e. The van der Waals surface area contributed by atoms with E-state index < -0.39 is 0 Å². The molecule has 0 saturated heterocycles. The minimum atomic E-state index is -0.0536. The van der Waals surface area contributed by atoms with Gasteiger partial charge in [-0.05, 0) is 54.1 Å². The van der Waals surface area contributed by atoms with Crippen LogP contribution in [0, 0.1) is 18.5 Å². The molecule has 1 saturated carbocycles. The molecule has 8 rings (SSSR count). The van der Waals surface area contributed by atoms with Crippen LogP contribution in [0.25, 0.3) is 38.8 Å². The molecule has 0 atom stereocenters. The minimum absolute atomic E-state index is 0. The minimum Gasteiger partial charge on any atom is -0.335 e. The van der Waals surface area contributed by atoms with Crippen molar-refractivity contribution in [1.82, 2.24) is 9.55 Å². The van der Waals surface area contributed by atoms with Gasteiger partial charge in [-0.3, -0.25) is 0 Å². The van der Waals surface area contributed by atoms with Crippen LogP contribution < -0.4 is 4.57 Å². The molecule has 41 heavy (non-hydrogen) atoms. The standard InChI is InChI=1S/C26H25N2.C11H8N.Ir/c1-26(2)21-13-8-14-23-25(21)28(17-27(23)20-11-4-3-5-12-20)24-16-19-10-7-6-9-18(19)15-22(24)26;1-2-6-10(7-3-1)11-8-4-5-9-12-11;/h6-10,13-15,20H,3-5,11-12H2,1-2H3;1-6,8-9H;/q2*-1;+3. The summed E-state index contributed by atoms with van der Waals surface area (Å²) in [6.45, 7) is 4.70. The van der Waals surface area contributed by atoms with Crippen LogP contribution in [0.15, 0.2) is 97.2 Å². The molecule has 0 spiro atoms. The monoisotopic (exact) mass is 712 g/mol. The van der Waals surface area contributed by atoms with Crippen molar-refractivity contribution in [2.45, 2.75) is 57.4 Å². The number of imidazole rings is 1. The molecule has 0 unspecified atom stereocenters. The number of aromatic nitrogens is 3. The molecule has 0 N–H and O–H groups in total. The number of para-hydroxylation sites is 1. The predicted octanol–water partition coefficient (Wildman–Crippen LogP) is 8.36. The van der Waals surface area contributed by atoms with Crippen molar-refractivity contribution >= 4 is 21.8 Å². The van der Waals surface area contributed by atoms with Crippen LogP contribution in [0.3, 0.4) is 0 Å². The van der Waals surface area contributed by atoms with E-state index in [-0.39, 0.29) is 25.5 Å². The van der Waals surface area contributed by atoms with Gasteiger partial charge in [0.2, 0.25) is 6.33 Å². The maximum atomic E-state index is 4.22. The molecule has 0 bridgehead atoms. The van der Waals surface area contributed by atoms with Crippen molar-refractivity contribution in [3.05, 3.63) is 127 Å². The topological polar surface area (TPSA) is 21.7 Å². The number of rotatable bonds is 2. The fourth-order valence-electron chi connectivity index (χ4n) is 6.48. The Hall–Kier alpha value is -3.59. The van der Waals surface area contributed by atoms with Gasteiger partial charge >= 0.3 is 20.1 Å². The van der Waals surface area contributed by atoms with Gasteiger partial charge in [-0.25, -0.2) is 0 Å². The summed E-state index contributed by atoms with van der Waals surface area (Å²) in [5, 5.41) is 2.44. The molecular formula is C37H33IrN3+. The fourth-order valence-corrected chi connectivity index (χ4v) is 6.48. The number of hydrogen-bond donors (Lipinski definition) is 0. The van der Waals surface area contributed by atoms with Gasteiger partial charge in [0.05, 0.1) is 17.1 Å². The average molecular weight is 712 g/mol. The van der Waals surface area contributed by atoms with Crippen LogP contribution >= 0.6 is 0 Å². The molecule has 204 valence electrons. The number of pyridine rings is 1. The van der Waals surface area contributed by atoms with E-state index in [1.54, 1.807) is 6.20 Å². The van der Waals surface area contributed by atoms with E-state index >= 15 is 0 Å². The van der Waals surface area contributed by atoms with Gasteiger partial charge in [0.25, 0.3) is 0 Å². The quantitative estimate of drug-likeness (QED) is 0.131. The van der Waals surface area contributed by atoms with Crippen molar-refractivity contribution in [2.75, 3.05) is 0 Å². The van der Waals surface area contributed by atoms with Gasteiger partial charge in [-0.15, -0.1) is 76.5 Å². The Bertz CT molecular complexity index is 1760. The Kier molecular flexibility index (Phi) is 7.64. The van der Waals surface area contributed by atoms with Crippen LogP contribution in [-0.2, 0) is 25.5 Å². The Balaban J connectivity index is 0.000000196. The van der Waals surface area contributed by atoms with E-state index in [4.69, 9.17) is 0 Å². The van der Waals surface area contributed by atoms with E-state index in [0.29, 0.717) is 6.04 Å². The van der Waals surface area contributed by atoms with E-state index in [1.807, 2.05) is 42.5 Å². The summed E-state index contributed by atoms with van der Waals surface area (Å²) in [5.41, 5.74) is 8.50. The third kappa shape index (κ3) is 4.94. The molecule has 1 aliphatic carbocycles. The summed E-state index contributed by atoms with van der Waals surface area (Å²) in [7, 11) is 0. The zero-order valence-corrected chi connectivity index (χ0v) is 25.9. The summed E-state index contributed by atoms with van der Waals surface area (Å²) in [5.74, 6) is 0. The SMILES string of the molecule is CC1(C)c2cc3ccccc3[c-]c2-[n+]2[c-]n(C3CCCCC3)c3cccc1c32.[Ir+3].[c-]1ccccc1-c1ccccn1. The molecular weight excluding hydrogens is 679 g/mol. The smallest absolute Gasteiger partial charge is 0.335 e. The fraction of sp³-hybridized carbons (Fsp3) is 0.243. The van der Waals surface area contributed by atoms with Gasteiger partial charge in [-0.1, -0.05) is 62.7 Å². The molecule has 0 amide bonds. The van der Waals surface area contributed by atoms with Gasteiger partial charge in [0, 0.05) is 6.20 Å². The van der Waals surface area contributed by atoms with E-state index in [0.717, 1.165) is 11.3 Å². The predicted molar refractivity (Wildman–Crippen MR) is 161 cm³/mol. The summed E-state index contributed by atoms with van der Waals surface area (Å²) in [4.78, 5) is 4.22. The van der Waals surface area contributed by atoms with Gasteiger partial charge in [-0.2, -0.15) is 0 Å². The summed E-state index contributed by atoms with van der Waals surface area (Å²) >= 11 is 0. The van der Waals surface area contributed by atoms with Crippen LogP contribution in [0.1, 0.15) is 63.1 Å². The van der Waals surface area contributed by atoms with Crippen molar-refractivity contribution in [3.8, 4) is 16.9 Å². The van der Waals surface area contributed by atoms with Crippen molar-refractivity contribution in [2.24, 2.45) is 0 Å². The van der Waals surface area contributed by atoms with E-state index in [1.165, 1.54) is 70.7 Å². The van der Waals surface area contributed by atoms with E-state index in [2.05, 4.69) is 95.0 Å². The molecule has 3 nitrogen and oxygen atoms in total. The van der Waals surface area contributed by atoms with Gasteiger partial charge in [0.15, 0.2) is 0 Å². The molecule has 6 aromatic rings.